The number of para-hydroxylation sites is 1. The molecule has 2 aliphatic rings. The fourth-order valence-electron chi connectivity index (χ4n) is 4.26. The number of hydrogen-bond acceptors (Lipinski definition) is 4. The van der Waals surface area contributed by atoms with Gasteiger partial charge in [0.25, 0.3) is 0 Å². The van der Waals surface area contributed by atoms with Gasteiger partial charge < -0.3 is 10.6 Å². The van der Waals surface area contributed by atoms with Crippen LogP contribution in [0.5, 0.6) is 0 Å². The third kappa shape index (κ3) is 5.19. The summed E-state index contributed by atoms with van der Waals surface area (Å²) in [5.41, 5.74) is 12.9. The molecule has 35 heavy (non-hydrogen) atoms. The van der Waals surface area contributed by atoms with E-state index >= 15 is 0 Å². The molecule has 3 heterocycles. The highest BCUT2D eigenvalue weighted by Gasteiger charge is 2.19. The lowest BCUT2D eigenvalue weighted by molar-refractivity contribution is 0.730. The van der Waals surface area contributed by atoms with E-state index in [2.05, 4.69) is 75.2 Å². The minimum absolute atomic E-state index is 0.471. The fraction of sp³-hybridized carbons (Fsp3) is 0.200. The second-order valence-electron chi connectivity index (χ2n) is 8.22. The maximum Gasteiger partial charge on any atom is 0.135 e. The summed E-state index contributed by atoms with van der Waals surface area (Å²) in [5.74, 6) is 0.471. The summed E-state index contributed by atoms with van der Waals surface area (Å²) in [6.07, 6.45) is 15.8. The average Bonchev–Trinajstić information content (AvgIpc) is 3.37. The Kier molecular flexibility index (Phi) is 7.78. The molecule has 0 radical (unpaired) electrons. The first kappa shape index (κ1) is 24.0. The summed E-state index contributed by atoms with van der Waals surface area (Å²) < 4.78 is 0. The topological polar surface area (TPSA) is 70.8 Å². The van der Waals surface area contributed by atoms with Gasteiger partial charge in [-0.2, -0.15) is 5.10 Å². The predicted molar refractivity (Wildman–Crippen MR) is 150 cm³/mol. The maximum absolute atomic E-state index is 6.09. The van der Waals surface area contributed by atoms with Crippen LogP contribution in [0, 0.1) is 0 Å². The van der Waals surface area contributed by atoms with E-state index < -0.39 is 0 Å². The average molecular weight is 464 g/mol. The van der Waals surface area contributed by atoms with E-state index in [1.807, 2.05) is 44.3 Å². The zero-order valence-electron chi connectivity index (χ0n) is 20.5. The van der Waals surface area contributed by atoms with Gasteiger partial charge in [0.15, 0.2) is 0 Å². The molecule has 0 spiro atoms. The van der Waals surface area contributed by atoms with E-state index in [0.717, 1.165) is 44.7 Å². The zero-order chi connectivity index (χ0) is 24.6. The Morgan fingerprint density at radius 1 is 0.971 bits per heavy atom. The monoisotopic (exact) mass is 463 g/mol. The van der Waals surface area contributed by atoms with Crippen molar-refractivity contribution in [1.82, 2.24) is 15.2 Å². The van der Waals surface area contributed by atoms with Crippen molar-refractivity contribution in [2.75, 3.05) is 10.6 Å². The largest absolute Gasteiger partial charge is 0.383 e. The molecule has 5 nitrogen and oxygen atoms in total. The number of fused-ring (bicyclic) bond motifs is 2. The minimum atomic E-state index is 0.471. The number of H-pyrrole nitrogens is 1. The first-order valence-corrected chi connectivity index (χ1v) is 12.3. The zero-order valence-corrected chi connectivity index (χ0v) is 20.5. The fourth-order valence-corrected chi connectivity index (χ4v) is 4.26. The van der Waals surface area contributed by atoms with Gasteiger partial charge in [0.1, 0.15) is 11.5 Å². The van der Waals surface area contributed by atoms with Gasteiger partial charge in [-0.25, -0.2) is 4.98 Å². The van der Waals surface area contributed by atoms with Crippen molar-refractivity contribution < 1.29 is 0 Å². The number of nitrogens with two attached hydrogens (primary N) is 1. The molecular formula is C30H33N5. The molecule has 0 amide bonds. The van der Waals surface area contributed by atoms with Crippen LogP contribution in [-0.4, -0.2) is 15.2 Å². The summed E-state index contributed by atoms with van der Waals surface area (Å²) in [5, 5.41) is 8.35. The second kappa shape index (κ2) is 11.3. The number of allylic oxidation sites excluding steroid dienone is 2. The van der Waals surface area contributed by atoms with Crippen molar-refractivity contribution in [3.63, 3.8) is 0 Å². The van der Waals surface area contributed by atoms with Crippen molar-refractivity contribution in [2.45, 2.75) is 39.5 Å². The lowest BCUT2D eigenvalue weighted by Crippen LogP contribution is -2.17. The van der Waals surface area contributed by atoms with Gasteiger partial charge >= 0.3 is 0 Å². The van der Waals surface area contributed by atoms with Crippen LogP contribution in [0.2, 0.25) is 0 Å². The van der Waals surface area contributed by atoms with Crippen LogP contribution < -0.4 is 10.6 Å². The molecule has 0 bridgehead atoms. The standard InChI is InChI=1S/C22H17N5.C6H10.C2H6/c1-14-18-13-16(21-20-19(25-26-21)9-11-24-22(20)23)8-7-15(18)10-12-27(14)17-5-3-2-4-6-17;1-2-4-6-5-3-1;1-2/h2-13H,1H2,(H2,23,24)(H,25,26);1-2H,3-6H2;1-2H3. The number of pyridine rings is 1. The van der Waals surface area contributed by atoms with Gasteiger partial charge in [-0.1, -0.05) is 62.9 Å². The van der Waals surface area contributed by atoms with Crippen molar-refractivity contribution in [3.05, 3.63) is 96.9 Å². The summed E-state index contributed by atoms with van der Waals surface area (Å²) in [6, 6.07) is 18.3. The first-order chi connectivity index (χ1) is 17.2. The molecular weight excluding hydrogens is 430 g/mol. The summed E-state index contributed by atoms with van der Waals surface area (Å²) >= 11 is 0. The predicted octanol–water partition coefficient (Wildman–Crippen LogP) is 7.81. The number of nitrogen functional groups attached to an aromatic ring is 1. The number of rotatable bonds is 2. The van der Waals surface area contributed by atoms with E-state index in [9.17, 15) is 0 Å². The van der Waals surface area contributed by atoms with Gasteiger partial charge in [-0.3, -0.25) is 5.10 Å². The number of anilines is 2. The van der Waals surface area contributed by atoms with Crippen LogP contribution in [0.4, 0.5) is 11.5 Å². The van der Waals surface area contributed by atoms with Gasteiger partial charge in [-0.05, 0) is 61.6 Å². The molecule has 5 heteroatoms. The SMILES string of the molecule is C1=CCCCC1.C=C1c2cc(-c3n[nH]c4ccnc(N)c34)ccc2C=CN1c1ccccc1.CC. The Bertz CT molecular complexity index is 1340. The Balaban J connectivity index is 0.000000313. The van der Waals surface area contributed by atoms with E-state index in [1.165, 1.54) is 25.7 Å². The molecule has 0 saturated heterocycles. The van der Waals surface area contributed by atoms with Crippen molar-refractivity contribution in [2.24, 2.45) is 0 Å². The van der Waals surface area contributed by atoms with E-state index in [-0.39, 0.29) is 0 Å². The third-order valence-corrected chi connectivity index (χ3v) is 6.03. The quantitative estimate of drug-likeness (QED) is 0.297. The van der Waals surface area contributed by atoms with E-state index in [1.54, 1.807) is 6.20 Å². The van der Waals surface area contributed by atoms with Gasteiger partial charge in [0, 0.05) is 34.9 Å². The molecule has 0 saturated carbocycles. The maximum atomic E-state index is 6.09. The number of aromatic nitrogens is 3. The van der Waals surface area contributed by atoms with E-state index in [0.29, 0.717) is 5.82 Å². The van der Waals surface area contributed by atoms with Crippen LogP contribution in [0.1, 0.15) is 50.7 Å². The molecule has 2 aromatic carbocycles. The second-order valence-corrected chi connectivity index (χ2v) is 8.22. The van der Waals surface area contributed by atoms with Crippen molar-refractivity contribution in [3.8, 4) is 11.3 Å². The molecule has 4 aromatic rings. The number of nitrogens with one attached hydrogen (secondary N) is 1. The first-order valence-electron chi connectivity index (χ1n) is 12.3. The van der Waals surface area contributed by atoms with Crippen LogP contribution in [0.3, 0.4) is 0 Å². The molecule has 1 aliphatic carbocycles. The number of benzene rings is 2. The third-order valence-electron chi connectivity index (χ3n) is 6.03. The Labute approximate surface area is 207 Å². The lowest BCUT2D eigenvalue weighted by Gasteiger charge is -2.28. The number of aromatic amines is 1. The van der Waals surface area contributed by atoms with Crippen LogP contribution in [-0.2, 0) is 0 Å². The van der Waals surface area contributed by atoms with Crippen LogP contribution in [0.25, 0.3) is 33.9 Å². The molecule has 2 aromatic heterocycles. The molecule has 1 aliphatic heterocycles. The Morgan fingerprint density at radius 3 is 2.40 bits per heavy atom. The smallest absolute Gasteiger partial charge is 0.135 e. The van der Waals surface area contributed by atoms with E-state index in [4.69, 9.17) is 5.73 Å². The molecule has 6 rings (SSSR count). The molecule has 0 atom stereocenters. The highest BCUT2D eigenvalue weighted by atomic mass is 15.1. The Morgan fingerprint density at radius 2 is 1.71 bits per heavy atom. The van der Waals surface area contributed by atoms with Crippen molar-refractivity contribution in [1.29, 1.82) is 0 Å². The summed E-state index contributed by atoms with van der Waals surface area (Å²) in [6.45, 7) is 8.33. The minimum Gasteiger partial charge on any atom is -0.383 e. The molecule has 178 valence electrons. The van der Waals surface area contributed by atoms with Gasteiger partial charge in [0.2, 0.25) is 0 Å². The van der Waals surface area contributed by atoms with Gasteiger partial charge in [0.05, 0.1) is 10.9 Å². The van der Waals surface area contributed by atoms with Crippen molar-refractivity contribution >= 4 is 34.2 Å². The highest BCUT2D eigenvalue weighted by Crippen LogP contribution is 2.36. The number of nitrogens with zero attached hydrogens (tertiary/aromatic N) is 3. The molecule has 0 unspecified atom stereocenters. The summed E-state index contributed by atoms with van der Waals surface area (Å²) in [4.78, 5) is 6.29. The Hall–Kier alpha value is -4.12. The number of hydrogen-bond donors (Lipinski definition) is 2. The normalized spacial score (nSPS) is 14.0. The highest BCUT2D eigenvalue weighted by molar-refractivity contribution is 6.00. The van der Waals surface area contributed by atoms with Crippen LogP contribution >= 0.6 is 0 Å². The summed E-state index contributed by atoms with van der Waals surface area (Å²) in [7, 11) is 0. The molecule has 3 N–H and O–H groups in total. The van der Waals surface area contributed by atoms with Gasteiger partial charge in [-0.15, -0.1) is 0 Å². The molecule has 0 fully saturated rings. The van der Waals surface area contributed by atoms with Crippen LogP contribution in [0.15, 0.2) is 85.7 Å². The lowest BCUT2D eigenvalue weighted by atomic mass is 9.96.